The van der Waals surface area contributed by atoms with Crippen LogP contribution in [-0.4, -0.2) is 40.1 Å². The van der Waals surface area contributed by atoms with Crippen LogP contribution in [0.25, 0.3) is 0 Å². The molecule has 1 N–H and O–H groups in total. The van der Waals surface area contributed by atoms with Crippen LogP contribution in [0.15, 0.2) is 41.1 Å². The van der Waals surface area contributed by atoms with Crippen molar-refractivity contribution in [2.45, 2.75) is 19.1 Å². The first-order chi connectivity index (χ1) is 11.6. The van der Waals surface area contributed by atoms with E-state index in [1.54, 1.807) is 29.4 Å². The van der Waals surface area contributed by atoms with Crippen molar-refractivity contribution < 1.29 is 9.53 Å². The number of hydrogen-bond acceptors (Lipinski definition) is 4. The van der Waals surface area contributed by atoms with Gasteiger partial charge in [0.2, 0.25) is 0 Å². The summed E-state index contributed by atoms with van der Waals surface area (Å²) in [7, 11) is 0. The fourth-order valence-electron chi connectivity index (χ4n) is 2.41. The third-order valence-corrected chi connectivity index (χ3v) is 4.32. The topological polar surface area (TPSA) is 67.4 Å². The Bertz CT molecular complexity index is 696. The molecule has 2 amide bonds. The lowest BCUT2D eigenvalue weighted by atomic mass is 10.2. The Morgan fingerprint density at radius 3 is 2.75 bits per heavy atom. The summed E-state index contributed by atoms with van der Waals surface area (Å²) in [6.45, 7) is 1.63. The summed E-state index contributed by atoms with van der Waals surface area (Å²) in [6.07, 6.45) is 3.93. The van der Waals surface area contributed by atoms with Crippen LogP contribution in [0.5, 0.6) is 6.01 Å². The SMILES string of the molecule is O=C(NCc1ccc(Cl)cc1)N1CCC(Oc2ncc(Br)cn2)C1. The van der Waals surface area contributed by atoms with Gasteiger partial charge in [0.1, 0.15) is 6.10 Å². The lowest BCUT2D eigenvalue weighted by molar-refractivity contribution is 0.178. The Labute approximate surface area is 153 Å². The highest BCUT2D eigenvalue weighted by molar-refractivity contribution is 9.10. The molecule has 1 aliphatic heterocycles. The van der Waals surface area contributed by atoms with Gasteiger partial charge in [-0.05, 0) is 33.6 Å². The molecule has 1 unspecified atom stereocenters. The fraction of sp³-hybridized carbons (Fsp3) is 0.312. The minimum absolute atomic E-state index is 0.0903. The van der Waals surface area contributed by atoms with Crippen molar-refractivity contribution in [1.29, 1.82) is 0 Å². The zero-order chi connectivity index (χ0) is 16.9. The number of nitrogens with zero attached hydrogens (tertiary/aromatic N) is 3. The minimum Gasteiger partial charge on any atom is -0.458 e. The molecule has 126 valence electrons. The van der Waals surface area contributed by atoms with E-state index in [0.717, 1.165) is 16.5 Å². The smallest absolute Gasteiger partial charge is 0.317 e. The van der Waals surface area contributed by atoms with E-state index < -0.39 is 0 Å². The van der Waals surface area contributed by atoms with Crippen molar-refractivity contribution in [3.05, 3.63) is 51.7 Å². The average Bonchev–Trinajstić information content (AvgIpc) is 3.05. The van der Waals surface area contributed by atoms with Crippen molar-refractivity contribution in [1.82, 2.24) is 20.2 Å². The molecule has 3 rings (SSSR count). The van der Waals surface area contributed by atoms with Crippen molar-refractivity contribution >= 4 is 33.6 Å². The van der Waals surface area contributed by atoms with E-state index in [1.807, 2.05) is 12.1 Å². The zero-order valence-corrected chi connectivity index (χ0v) is 15.1. The fourth-order valence-corrected chi connectivity index (χ4v) is 2.74. The van der Waals surface area contributed by atoms with Gasteiger partial charge in [0.05, 0.1) is 11.0 Å². The number of nitrogens with one attached hydrogen (secondary N) is 1. The maximum Gasteiger partial charge on any atom is 0.317 e. The molecule has 24 heavy (non-hydrogen) atoms. The number of urea groups is 1. The standard InChI is InChI=1S/C16H16BrClN4O2/c17-12-8-19-15(20-9-12)24-14-5-6-22(10-14)16(23)21-7-11-1-3-13(18)4-2-11/h1-4,8-9,14H,5-7,10H2,(H,21,23). The molecule has 1 aromatic heterocycles. The van der Waals surface area contributed by atoms with E-state index in [4.69, 9.17) is 16.3 Å². The second-order valence-corrected chi connectivity index (χ2v) is 6.80. The highest BCUT2D eigenvalue weighted by Crippen LogP contribution is 2.16. The second kappa shape index (κ2) is 7.81. The van der Waals surface area contributed by atoms with E-state index in [2.05, 4.69) is 31.2 Å². The number of benzene rings is 1. The van der Waals surface area contributed by atoms with Gasteiger partial charge in [-0.1, -0.05) is 23.7 Å². The lowest BCUT2D eigenvalue weighted by Crippen LogP contribution is -2.39. The van der Waals surface area contributed by atoms with Gasteiger partial charge in [-0.3, -0.25) is 0 Å². The maximum atomic E-state index is 12.2. The first-order valence-corrected chi connectivity index (χ1v) is 8.68. The van der Waals surface area contributed by atoms with Gasteiger partial charge in [-0.15, -0.1) is 0 Å². The third kappa shape index (κ3) is 4.58. The van der Waals surface area contributed by atoms with Gasteiger partial charge in [0.25, 0.3) is 0 Å². The zero-order valence-electron chi connectivity index (χ0n) is 12.8. The molecule has 1 fully saturated rings. The van der Waals surface area contributed by atoms with E-state index in [0.29, 0.717) is 30.7 Å². The highest BCUT2D eigenvalue weighted by Gasteiger charge is 2.28. The molecule has 8 heteroatoms. The van der Waals surface area contributed by atoms with Crippen LogP contribution in [-0.2, 0) is 6.54 Å². The van der Waals surface area contributed by atoms with Crippen LogP contribution >= 0.6 is 27.5 Å². The third-order valence-electron chi connectivity index (χ3n) is 3.66. The van der Waals surface area contributed by atoms with Gasteiger partial charge < -0.3 is 15.0 Å². The van der Waals surface area contributed by atoms with Crippen LogP contribution in [0.2, 0.25) is 5.02 Å². The Balaban J connectivity index is 1.46. The number of carbonyl (C=O) groups excluding carboxylic acids is 1. The second-order valence-electron chi connectivity index (χ2n) is 5.44. The predicted molar refractivity (Wildman–Crippen MR) is 94.0 cm³/mol. The van der Waals surface area contributed by atoms with Crippen molar-refractivity contribution in [2.24, 2.45) is 0 Å². The molecule has 0 spiro atoms. The molecule has 6 nitrogen and oxygen atoms in total. The maximum absolute atomic E-state index is 12.2. The number of likely N-dealkylation sites (tertiary alicyclic amines) is 1. The number of hydrogen-bond donors (Lipinski definition) is 1. The number of aromatic nitrogens is 2. The van der Waals surface area contributed by atoms with Crippen LogP contribution < -0.4 is 10.1 Å². The first-order valence-electron chi connectivity index (χ1n) is 7.51. The van der Waals surface area contributed by atoms with Crippen LogP contribution in [0.1, 0.15) is 12.0 Å². The summed E-state index contributed by atoms with van der Waals surface area (Å²) in [5.74, 6) is 0. The summed E-state index contributed by atoms with van der Waals surface area (Å²) < 4.78 is 6.50. The number of ether oxygens (including phenoxy) is 1. The summed E-state index contributed by atoms with van der Waals surface area (Å²) in [5, 5.41) is 3.58. The normalized spacial score (nSPS) is 16.9. The van der Waals surface area contributed by atoms with Gasteiger partial charge in [0.15, 0.2) is 0 Å². The molecule has 0 bridgehead atoms. The van der Waals surface area contributed by atoms with Gasteiger partial charge in [-0.25, -0.2) is 14.8 Å². The summed E-state index contributed by atoms with van der Waals surface area (Å²) >= 11 is 9.12. The summed E-state index contributed by atoms with van der Waals surface area (Å²) in [4.78, 5) is 22.1. The molecule has 2 aromatic rings. The molecule has 0 radical (unpaired) electrons. The Hall–Kier alpha value is -1.86. The minimum atomic E-state index is -0.104. The molecule has 2 heterocycles. The molecular formula is C16H16BrClN4O2. The largest absolute Gasteiger partial charge is 0.458 e. The van der Waals surface area contributed by atoms with E-state index >= 15 is 0 Å². The molecule has 0 saturated carbocycles. The van der Waals surface area contributed by atoms with E-state index in [9.17, 15) is 4.79 Å². The van der Waals surface area contributed by atoms with E-state index in [-0.39, 0.29) is 12.1 Å². The van der Waals surface area contributed by atoms with Crippen molar-refractivity contribution in [3.8, 4) is 6.01 Å². The van der Waals surface area contributed by atoms with Crippen molar-refractivity contribution in [2.75, 3.05) is 13.1 Å². The Morgan fingerprint density at radius 2 is 2.04 bits per heavy atom. The molecule has 1 saturated heterocycles. The van der Waals surface area contributed by atoms with Crippen LogP contribution in [0.3, 0.4) is 0 Å². The lowest BCUT2D eigenvalue weighted by Gasteiger charge is -2.17. The van der Waals surface area contributed by atoms with Gasteiger partial charge in [-0.2, -0.15) is 0 Å². The monoisotopic (exact) mass is 410 g/mol. The first kappa shape index (κ1) is 17.0. The average molecular weight is 412 g/mol. The van der Waals surface area contributed by atoms with Crippen molar-refractivity contribution in [3.63, 3.8) is 0 Å². The summed E-state index contributed by atoms with van der Waals surface area (Å²) in [6, 6.07) is 7.62. The predicted octanol–water partition coefficient (Wildman–Crippen LogP) is 3.26. The quantitative estimate of drug-likeness (QED) is 0.838. The van der Waals surface area contributed by atoms with Gasteiger partial charge >= 0.3 is 12.0 Å². The number of carbonyl (C=O) groups is 1. The van der Waals surface area contributed by atoms with Crippen LogP contribution in [0.4, 0.5) is 4.79 Å². The number of rotatable bonds is 4. The Kier molecular flexibility index (Phi) is 5.52. The molecular weight excluding hydrogens is 396 g/mol. The molecule has 1 aromatic carbocycles. The number of amides is 2. The summed E-state index contributed by atoms with van der Waals surface area (Å²) in [5.41, 5.74) is 1.00. The van der Waals surface area contributed by atoms with Crippen LogP contribution in [0, 0.1) is 0 Å². The van der Waals surface area contributed by atoms with E-state index in [1.165, 1.54) is 0 Å². The number of halogens is 2. The molecule has 1 aliphatic rings. The highest BCUT2D eigenvalue weighted by atomic mass is 79.9. The van der Waals surface area contributed by atoms with Gasteiger partial charge in [0, 0.05) is 36.9 Å². The Morgan fingerprint density at radius 1 is 1.33 bits per heavy atom. The molecule has 1 atom stereocenters. The molecule has 0 aliphatic carbocycles.